The molecule has 1 aromatic rings. The molecule has 41 heavy (non-hydrogen) atoms. The molecule has 3 fully saturated rings. The van der Waals surface area contributed by atoms with Gasteiger partial charge in [0.15, 0.2) is 12.4 Å². The van der Waals surface area contributed by atoms with E-state index in [0.29, 0.717) is 13.0 Å². The summed E-state index contributed by atoms with van der Waals surface area (Å²) in [6, 6.07) is 1.84. The zero-order valence-corrected chi connectivity index (χ0v) is 21.5. The predicted molar refractivity (Wildman–Crippen MR) is 125 cm³/mol. The molecule has 1 aromatic carbocycles. The molecule has 1 spiro atoms. The highest BCUT2D eigenvalue weighted by atomic mass is 19.4. The third kappa shape index (κ3) is 8.47. The van der Waals surface area contributed by atoms with Crippen LogP contribution in [0.2, 0.25) is 0 Å². The SMILES string of the molecule is O=C(COC(F)(F)F)C(C[C@@H]1CCNC1=O)NC(=O)[C@@H]1CC2(CC2)CN1C(=O)COc1ccc(OC(F)(F)F)cc1. The third-order valence-corrected chi connectivity index (χ3v) is 7.27. The standard InChI is InChI=1S/C25H27F6N3O7/c26-24(27,28)40-11-19(35)17(9-14-5-8-32-21(14)37)33-22(38)18-10-23(6-7-23)13-34(18)20(36)12-39-15-1-3-16(4-2-15)41-25(29,30)31/h1-4,14,17-18H,5-13H2,(H,32,37)(H,33,38)/t14-,17?,18-/m0/s1. The van der Waals surface area contributed by atoms with Crippen molar-refractivity contribution < 1.29 is 59.7 Å². The first-order valence-electron chi connectivity index (χ1n) is 12.7. The van der Waals surface area contributed by atoms with Crippen molar-refractivity contribution in [3.05, 3.63) is 24.3 Å². The van der Waals surface area contributed by atoms with Crippen LogP contribution in [0.5, 0.6) is 11.5 Å². The maximum atomic E-state index is 13.3. The van der Waals surface area contributed by atoms with Gasteiger partial charge < -0.3 is 25.0 Å². The molecule has 0 aromatic heterocycles. The molecule has 10 nitrogen and oxygen atoms in total. The van der Waals surface area contributed by atoms with Crippen LogP contribution in [-0.4, -0.2) is 79.5 Å². The smallest absolute Gasteiger partial charge is 0.484 e. The molecule has 3 amide bonds. The molecular weight excluding hydrogens is 568 g/mol. The van der Waals surface area contributed by atoms with E-state index in [1.807, 2.05) is 0 Å². The molecule has 3 atom stereocenters. The normalized spacial score (nSPS) is 22.3. The van der Waals surface area contributed by atoms with Crippen molar-refractivity contribution in [2.75, 3.05) is 26.3 Å². The second-order valence-corrected chi connectivity index (χ2v) is 10.3. The number of hydrogen-bond donors (Lipinski definition) is 2. The molecule has 2 heterocycles. The number of ketones is 1. The zero-order valence-electron chi connectivity index (χ0n) is 21.5. The summed E-state index contributed by atoms with van der Waals surface area (Å²) >= 11 is 0. The van der Waals surface area contributed by atoms with Crippen LogP contribution in [0.1, 0.15) is 32.1 Å². The number of rotatable bonds is 11. The molecule has 1 saturated carbocycles. The minimum Gasteiger partial charge on any atom is -0.484 e. The molecule has 2 aliphatic heterocycles. The summed E-state index contributed by atoms with van der Waals surface area (Å²) < 4.78 is 87.4. The van der Waals surface area contributed by atoms with Gasteiger partial charge in [0.2, 0.25) is 11.8 Å². The first-order valence-corrected chi connectivity index (χ1v) is 12.7. The van der Waals surface area contributed by atoms with Crippen molar-refractivity contribution in [1.29, 1.82) is 0 Å². The number of Topliss-reactive ketones (excluding diaryl/α,β-unsaturated/α-hetero) is 1. The van der Waals surface area contributed by atoms with Crippen molar-refractivity contribution >= 4 is 23.5 Å². The van der Waals surface area contributed by atoms with Crippen LogP contribution in [-0.2, 0) is 23.9 Å². The van der Waals surface area contributed by atoms with Gasteiger partial charge in [-0.2, -0.15) is 0 Å². The largest absolute Gasteiger partial charge is 0.573 e. The highest BCUT2D eigenvalue weighted by molar-refractivity contribution is 5.94. The number of hydrogen-bond acceptors (Lipinski definition) is 7. The van der Waals surface area contributed by atoms with Crippen LogP contribution >= 0.6 is 0 Å². The van der Waals surface area contributed by atoms with E-state index < -0.39 is 73.2 Å². The quantitative estimate of drug-likeness (QED) is 0.377. The number of nitrogens with zero attached hydrogens (tertiary/aromatic N) is 1. The van der Waals surface area contributed by atoms with E-state index in [1.54, 1.807) is 0 Å². The van der Waals surface area contributed by atoms with Gasteiger partial charge in [-0.1, -0.05) is 0 Å². The average molecular weight is 595 g/mol. The third-order valence-electron chi connectivity index (χ3n) is 7.27. The van der Waals surface area contributed by atoms with E-state index in [0.717, 1.165) is 25.0 Å². The topological polar surface area (TPSA) is 123 Å². The number of likely N-dealkylation sites (tertiary alicyclic amines) is 1. The lowest BCUT2D eigenvalue weighted by Gasteiger charge is -2.27. The lowest BCUT2D eigenvalue weighted by molar-refractivity contribution is -0.321. The Morgan fingerprint density at radius 2 is 1.68 bits per heavy atom. The van der Waals surface area contributed by atoms with Gasteiger partial charge in [0.05, 0.1) is 6.04 Å². The summed E-state index contributed by atoms with van der Waals surface area (Å²) in [5, 5.41) is 5.00. The van der Waals surface area contributed by atoms with E-state index in [2.05, 4.69) is 20.1 Å². The minimum atomic E-state index is -5.08. The molecule has 16 heteroatoms. The van der Waals surface area contributed by atoms with Gasteiger partial charge >= 0.3 is 12.7 Å². The van der Waals surface area contributed by atoms with Gasteiger partial charge in [0.1, 0.15) is 24.1 Å². The lowest BCUT2D eigenvalue weighted by Crippen LogP contribution is -2.53. The van der Waals surface area contributed by atoms with Crippen molar-refractivity contribution in [2.45, 2.75) is 56.9 Å². The number of benzene rings is 1. The van der Waals surface area contributed by atoms with Crippen LogP contribution in [0.4, 0.5) is 26.3 Å². The molecule has 226 valence electrons. The van der Waals surface area contributed by atoms with Gasteiger partial charge in [-0.05, 0) is 61.8 Å². The van der Waals surface area contributed by atoms with E-state index in [4.69, 9.17) is 4.74 Å². The molecule has 2 N–H and O–H groups in total. The van der Waals surface area contributed by atoms with Crippen molar-refractivity contribution in [3.8, 4) is 11.5 Å². The maximum Gasteiger partial charge on any atom is 0.573 e. The van der Waals surface area contributed by atoms with Gasteiger partial charge in [0.25, 0.3) is 5.91 Å². The Kier molecular flexibility index (Phi) is 8.70. The Hall–Kier alpha value is -3.56. The van der Waals surface area contributed by atoms with E-state index in [9.17, 15) is 45.5 Å². The molecule has 1 unspecified atom stereocenters. The van der Waals surface area contributed by atoms with E-state index in [-0.39, 0.29) is 30.6 Å². The van der Waals surface area contributed by atoms with Gasteiger partial charge in [-0.25, -0.2) is 0 Å². The summed E-state index contributed by atoms with van der Waals surface area (Å²) in [5.41, 5.74) is -0.307. The molecule has 2 saturated heterocycles. The summed E-state index contributed by atoms with van der Waals surface area (Å²) in [4.78, 5) is 52.2. The molecule has 4 rings (SSSR count). The van der Waals surface area contributed by atoms with Crippen LogP contribution in [0.3, 0.4) is 0 Å². The van der Waals surface area contributed by atoms with Crippen LogP contribution in [0, 0.1) is 11.3 Å². The Morgan fingerprint density at radius 1 is 1.02 bits per heavy atom. The fraction of sp³-hybridized carbons (Fsp3) is 0.600. The molecule has 1 aliphatic carbocycles. The number of nitrogens with one attached hydrogen (secondary N) is 2. The summed E-state index contributed by atoms with van der Waals surface area (Å²) in [5.74, 6) is -3.95. The van der Waals surface area contributed by atoms with Gasteiger partial charge in [0, 0.05) is 19.0 Å². The van der Waals surface area contributed by atoms with Crippen LogP contribution in [0.15, 0.2) is 24.3 Å². The predicted octanol–water partition coefficient (Wildman–Crippen LogP) is 2.46. The zero-order chi connectivity index (χ0) is 30.0. The molecule has 0 bridgehead atoms. The fourth-order valence-electron chi connectivity index (χ4n) is 5.00. The highest BCUT2D eigenvalue weighted by Crippen LogP contribution is 2.54. The average Bonchev–Trinajstić information content (AvgIpc) is 3.34. The van der Waals surface area contributed by atoms with E-state index >= 15 is 0 Å². The number of carbonyl (C=O) groups excluding carboxylic acids is 4. The number of halogens is 6. The Bertz CT molecular complexity index is 1150. The van der Waals surface area contributed by atoms with Crippen LogP contribution < -0.4 is 20.1 Å². The van der Waals surface area contributed by atoms with Crippen molar-refractivity contribution in [1.82, 2.24) is 15.5 Å². The minimum absolute atomic E-state index is 0.0689. The number of ether oxygens (including phenoxy) is 3. The second-order valence-electron chi connectivity index (χ2n) is 10.3. The Balaban J connectivity index is 1.40. The fourth-order valence-corrected chi connectivity index (χ4v) is 5.00. The summed E-state index contributed by atoms with van der Waals surface area (Å²) in [6.45, 7) is -1.38. The number of alkyl halides is 6. The maximum absolute atomic E-state index is 13.3. The van der Waals surface area contributed by atoms with E-state index in [1.165, 1.54) is 17.0 Å². The monoisotopic (exact) mass is 595 g/mol. The molecule has 3 aliphatic rings. The Labute approximate surface area is 229 Å². The van der Waals surface area contributed by atoms with Crippen molar-refractivity contribution in [3.63, 3.8) is 0 Å². The lowest BCUT2D eigenvalue weighted by atomic mass is 9.95. The first-order chi connectivity index (χ1) is 19.1. The van der Waals surface area contributed by atoms with Crippen molar-refractivity contribution in [2.24, 2.45) is 11.3 Å². The highest BCUT2D eigenvalue weighted by Gasteiger charge is 2.55. The summed E-state index contributed by atoms with van der Waals surface area (Å²) in [7, 11) is 0. The molecule has 0 radical (unpaired) electrons. The van der Waals surface area contributed by atoms with Gasteiger partial charge in [-0.15, -0.1) is 26.3 Å². The summed E-state index contributed by atoms with van der Waals surface area (Å²) in [6.07, 6.45) is -8.11. The number of carbonyl (C=O) groups is 4. The number of amides is 3. The van der Waals surface area contributed by atoms with Gasteiger partial charge in [-0.3, -0.25) is 23.9 Å². The first kappa shape index (κ1) is 30.4. The molecular formula is C25H27F6N3O7. The van der Waals surface area contributed by atoms with Crippen LogP contribution in [0.25, 0.3) is 0 Å². The second kappa shape index (κ2) is 11.7. The Morgan fingerprint density at radius 3 is 2.24 bits per heavy atom.